The second kappa shape index (κ2) is 6.75. The smallest absolute Gasteiger partial charge is 0.237 e. The molecule has 1 aromatic heterocycles. The number of primary amides is 1. The molecule has 1 amide bonds. The molecule has 0 aliphatic rings. The maximum atomic E-state index is 11.5. The fraction of sp³-hybridized carbons (Fsp3) is 0.538. The van der Waals surface area contributed by atoms with E-state index in [1.807, 2.05) is 26.0 Å². The van der Waals surface area contributed by atoms with Crippen molar-refractivity contribution in [1.29, 1.82) is 0 Å². The topological polar surface area (TPSA) is 68.0 Å². The van der Waals surface area contributed by atoms with Crippen LogP contribution in [-0.2, 0) is 4.79 Å². The van der Waals surface area contributed by atoms with E-state index in [9.17, 15) is 4.79 Å². The van der Waals surface area contributed by atoms with Crippen molar-refractivity contribution in [3.05, 3.63) is 24.5 Å². The van der Waals surface area contributed by atoms with E-state index in [4.69, 9.17) is 5.73 Å². The highest BCUT2D eigenvalue weighted by Crippen LogP contribution is 2.28. The number of nitrogens with zero attached hydrogens (tertiary/aromatic N) is 1. The monoisotopic (exact) mass is 267 g/mol. The minimum absolute atomic E-state index is 0.295. The third kappa shape index (κ3) is 4.31. The molecule has 100 valence electrons. The van der Waals surface area contributed by atoms with E-state index in [-0.39, 0.29) is 5.91 Å². The van der Waals surface area contributed by atoms with Gasteiger partial charge >= 0.3 is 0 Å². The molecule has 2 atom stereocenters. The van der Waals surface area contributed by atoms with Gasteiger partial charge in [0.1, 0.15) is 0 Å². The number of likely N-dealkylation sites (N-methyl/N-ethyl adjacent to an activating group) is 1. The average molecular weight is 267 g/mol. The number of rotatable bonds is 7. The molecule has 0 saturated carbocycles. The standard InChI is InChI=1S/C13H21N3OS/c1-4-16-13(3,12(14)17)9-10(2)18-11-5-7-15-8-6-11/h5-8,10,16H,4,9H2,1-3H3,(H2,14,17). The molecule has 0 saturated heterocycles. The first-order valence-electron chi connectivity index (χ1n) is 6.09. The molecule has 4 nitrogen and oxygen atoms in total. The van der Waals surface area contributed by atoms with Crippen LogP contribution >= 0.6 is 11.8 Å². The summed E-state index contributed by atoms with van der Waals surface area (Å²) >= 11 is 1.73. The summed E-state index contributed by atoms with van der Waals surface area (Å²) in [4.78, 5) is 16.7. The third-order valence-electron chi connectivity index (χ3n) is 2.79. The fourth-order valence-electron chi connectivity index (χ4n) is 1.92. The number of carbonyl (C=O) groups is 1. The second-order valence-electron chi connectivity index (χ2n) is 4.54. The largest absolute Gasteiger partial charge is 0.368 e. The van der Waals surface area contributed by atoms with E-state index in [0.29, 0.717) is 11.7 Å². The zero-order valence-electron chi connectivity index (χ0n) is 11.1. The van der Waals surface area contributed by atoms with Crippen LogP contribution in [0.3, 0.4) is 0 Å². The summed E-state index contributed by atoms with van der Waals surface area (Å²) < 4.78 is 0. The molecule has 0 aromatic carbocycles. The van der Waals surface area contributed by atoms with Crippen LogP contribution in [0.15, 0.2) is 29.4 Å². The molecule has 0 spiro atoms. The number of carbonyl (C=O) groups excluding carboxylic acids is 1. The van der Waals surface area contributed by atoms with Gasteiger partial charge in [-0.25, -0.2) is 0 Å². The molecule has 0 aliphatic carbocycles. The van der Waals surface area contributed by atoms with Gasteiger partial charge in [-0.15, -0.1) is 11.8 Å². The molecule has 3 N–H and O–H groups in total. The summed E-state index contributed by atoms with van der Waals surface area (Å²) in [7, 11) is 0. The van der Waals surface area contributed by atoms with Crippen molar-refractivity contribution in [2.24, 2.45) is 5.73 Å². The molecule has 2 unspecified atom stereocenters. The van der Waals surface area contributed by atoms with Crippen LogP contribution in [-0.4, -0.2) is 28.2 Å². The Balaban J connectivity index is 2.62. The maximum absolute atomic E-state index is 11.5. The Morgan fingerprint density at radius 3 is 2.67 bits per heavy atom. The predicted molar refractivity (Wildman–Crippen MR) is 75.4 cm³/mol. The Labute approximate surface area is 113 Å². The Bertz CT molecular complexity index is 385. The van der Waals surface area contributed by atoms with Gasteiger partial charge in [-0.1, -0.05) is 13.8 Å². The number of hydrogen-bond acceptors (Lipinski definition) is 4. The van der Waals surface area contributed by atoms with Crippen molar-refractivity contribution in [1.82, 2.24) is 10.3 Å². The van der Waals surface area contributed by atoms with Gasteiger partial charge in [0.25, 0.3) is 0 Å². The van der Waals surface area contributed by atoms with E-state index in [2.05, 4.69) is 17.2 Å². The highest BCUT2D eigenvalue weighted by molar-refractivity contribution is 7.99. The zero-order valence-corrected chi connectivity index (χ0v) is 12.0. The van der Waals surface area contributed by atoms with E-state index in [0.717, 1.165) is 11.4 Å². The molecular weight excluding hydrogens is 246 g/mol. The van der Waals surface area contributed by atoms with Crippen LogP contribution in [0.25, 0.3) is 0 Å². The Morgan fingerprint density at radius 1 is 1.56 bits per heavy atom. The number of nitrogens with two attached hydrogens (primary N) is 1. The average Bonchev–Trinajstić information content (AvgIpc) is 2.30. The van der Waals surface area contributed by atoms with E-state index in [1.54, 1.807) is 24.2 Å². The van der Waals surface area contributed by atoms with Gasteiger partial charge in [0.05, 0.1) is 5.54 Å². The second-order valence-corrected chi connectivity index (χ2v) is 6.05. The summed E-state index contributed by atoms with van der Waals surface area (Å²) in [5, 5.41) is 3.47. The molecular formula is C13H21N3OS. The summed E-state index contributed by atoms with van der Waals surface area (Å²) in [6.07, 6.45) is 4.24. The van der Waals surface area contributed by atoms with Gasteiger partial charge in [0.15, 0.2) is 0 Å². The minimum Gasteiger partial charge on any atom is -0.368 e. The summed E-state index contributed by atoms with van der Waals surface area (Å²) in [6, 6.07) is 3.94. The van der Waals surface area contributed by atoms with Gasteiger partial charge in [0, 0.05) is 22.5 Å². The van der Waals surface area contributed by atoms with E-state index >= 15 is 0 Å². The van der Waals surface area contributed by atoms with Gasteiger partial charge in [-0.05, 0) is 32.0 Å². The lowest BCUT2D eigenvalue weighted by Gasteiger charge is -2.29. The molecule has 0 fully saturated rings. The molecule has 0 aliphatic heterocycles. The number of hydrogen-bond donors (Lipinski definition) is 2. The Kier molecular flexibility index (Phi) is 5.62. The fourth-order valence-corrected chi connectivity index (χ4v) is 3.08. The first kappa shape index (κ1) is 15.0. The van der Waals surface area contributed by atoms with Crippen molar-refractivity contribution in [2.45, 2.75) is 42.9 Å². The van der Waals surface area contributed by atoms with Crippen LogP contribution in [0.1, 0.15) is 27.2 Å². The quantitative estimate of drug-likeness (QED) is 0.739. The van der Waals surface area contributed by atoms with Crippen molar-refractivity contribution < 1.29 is 4.79 Å². The number of pyridine rings is 1. The lowest BCUT2D eigenvalue weighted by Crippen LogP contribution is -2.54. The number of thioether (sulfide) groups is 1. The van der Waals surface area contributed by atoms with Crippen LogP contribution in [0.4, 0.5) is 0 Å². The number of nitrogens with one attached hydrogen (secondary N) is 1. The summed E-state index contributed by atoms with van der Waals surface area (Å²) in [5.41, 5.74) is 4.83. The maximum Gasteiger partial charge on any atom is 0.237 e. The first-order valence-corrected chi connectivity index (χ1v) is 6.97. The van der Waals surface area contributed by atoms with E-state index < -0.39 is 5.54 Å². The first-order chi connectivity index (χ1) is 8.48. The lowest BCUT2D eigenvalue weighted by atomic mass is 9.95. The summed E-state index contributed by atoms with van der Waals surface area (Å²) in [6.45, 7) is 6.67. The minimum atomic E-state index is -0.645. The highest BCUT2D eigenvalue weighted by atomic mass is 32.2. The third-order valence-corrected chi connectivity index (χ3v) is 3.91. The van der Waals surface area contributed by atoms with Crippen LogP contribution < -0.4 is 11.1 Å². The lowest BCUT2D eigenvalue weighted by molar-refractivity contribution is -0.124. The van der Waals surface area contributed by atoms with Gasteiger partial charge in [-0.2, -0.15) is 0 Å². The van der Waals surface area contributed by atoms with Crippen molar-refractivity contribution in [3.63, 3.8) is 0 Å². The summed E-state index contributed by atoms with van der Waals surface area (Å²) in [5.74, 6) is -0.300. The molecule has 0 radical (unpaired) electrons. The van der Waals surface area contributed by atoms with Gasteiger partial charge in [-0.3, -0.25) is 9.78 Å². The van der Waals surface area contributed by atoms with Crippen LogP contribution in [0.2, 0.25) is 0 Å². The molecule has 0 bridgehead atoms. The number of aromatic nitrogens is 1. The molecule has 5 heteroatoms. The normalized spacial score (nSPS) is 15.9. The van der Waals surface area contributed by atoms with Crippen LogP contribution in [0.5, 0.6) is 0 Å². The Hall–Kier alpha value is -1.07. The number of amides is 1. The molecule has 1 aromatic rings. The van der Waals surface area contributed by atoms with Gasteiger partial charge < -0.3 is 11.1 Å². The highest BCUT2D eigenvalue weighted by Gasteiger charge is 2.31. The molecule has 18 heavy (non-hydrogen) atoms. The van der Waals surface area contributed by atoms with E-state index in [1.165, 1.54) is 0 Å². The zero-order chi connectivity index (χ0) is 13.6. The van der Waals surface area contributed by atoms with Crippen molar-refractivity contribution >= 4 is 17.7 Å². The van der Waals surface area contributed by atoms with Crippen molar-refractivity contribution in [3.8, 4) is 0 Å². The predicted octanol–water partition coefficient (Wildman–Crippen LogP) is 1.81. The van der Waals surface area contributed by atoms with Gasteiger partial charge in [0.2, 0.25) is 5.91 Å². The molecule has 1 rings (SSSR count). The van der Waals surface area contributed by atoms with Crippen molar-refractivity contribution in [2.75, 3.05) is 6.54 Å². The Morgan fingerprint density at radius 2 is 2.17 bits per heavy atom. The van der Waals surface area contributed by atoms with Crippen LogP contribution in [0, 0.1) is 0 Å². The molecule has 1 heterocycles. The SMILES string of the molecule is CCNC(C)(CC(C)Sc1ccncc1)C(N)=O.